The van der Waals surface area contributed by atoms with Gasteiger partial charge in [0.2, 0.25) is 5.91 Å². The quantitative estimate of drug-likeness (QED) is 0.622. The van der Waals surface area contributed by atoms with Crippen LogP contribution in [-0.2, 0) is 11.3 Å². The van der Waals surface area contributed by atoms with E-state index in [0.29, 0.717) is 15.7 Å². The summed E-state index contributed by atoms with van der Waals surface area (Å²) in [5.41, 5.74) is 2.20. The third-order valence-corrected chi connectivity index (χ3v) is 5.48. The number of benzene rings is 1. The number of rotatable bonds is 4. The van der Waals surface area contributed by atoms with Gasteiger partial charge in [0.05, 0.1) is 16.4 Å². The number of nitrogens with zero attached hydrogens (tertiary/aromatic N) is 3. The van der Waals surface area contributed by atoms with E-state index < -0.39 is 0 Å². The van der Waals surface area contributed by atoms with Crippen molar-refractivity contribution < 1.29 is 9.90 Å². The van der Waals surface area contributed by atoms with Crippen LogP contribution in [0.2, 0.25) is 10.0 Å². The van der Waals surface area contributed by atoms with E-state index in [0.717, 1.165) is 43.8 Å². The van der Waals surface area contributed by atoms with E-state index in [2.05, 4.69) is 15.2 Å². The van der Waals surface area contributed by atoms with Crippen molar-refractivity contribution in [2.45, 2.75) is 19.4 Å². The molecule has 3 heterocycles. The monoisotopic (exact) mass is 418 g/mol. The second kappa shape index (κ2) is 7.99. The average molecular weight is 419 g/mol. The van der Waals surface area contributed by atoms with Gasteiger partial charge in [0, 0.05) is 29.9 Å². The Bertz CT molecular complexity index is 1010. The lowest BCUT2D eigenvalue weighted by Crippen LogP contribution is -2.37. The maximum absolute atomic E-state index is 12.5. The third-order valence-electron chi connectivity index (χ3n) is 5.03. The summed E-state index contributed by atoms with van der Waals surface area (Å²) in [7, 11) is 0. The van der Waals surface area contributed by atoms with Gasteiger partial charge in [-0.25, -0.2) is 4.98 Å². The minimum Gasteiger partial charge on any atom is -0.506 e. The summed E-state index contributed by atoms with van der Waals surface area (Å²) in [6.45, 7) is 2.37. The molecular weight excluding hydrogens is 399 g/mol. The molecule has 1 aliphatic heterocycles. The molecule has 1 amide bonds. The fourth-order valence-corrected chi connectivity index (χ4v) is 3.86. The number of likely N-dealkylation sites (tertiary alicyclic amines) is 1. The van der Waals surface area contributed by atoms with Crippen molar-refractivity contribution in [3.8, 4) is 5.75 Å². The SMILES string of the molecule is O=C(Nc1cc(Cl)ccc1O)C1CCN(Cc2cn3cc(Cl)ccc3n2)CC1. The van der Waals surface area contributed by atoms with Crippen LogP contribution < -0.4 is 5.32 Å². The number of aromatic hydroxyl groups is 1. The van der Waals surface area contributed by atoms with E-state index in [1.165, 1.54) is 6.07 Å². The lowest BCUT2D eigenvalue weighted by Gasteiger charge is -2.30. The van der Waals surface area contributed by atoms with Gasteiger partial charge in [-0.1, -0.05) is 23.2 Å². The maximum Gasteiger partial charge on any atom is 0.227 e. The third kappa shape index (κ3) is 4.24. The van der Waals surface area contributed by atoms with E-state index in [9.17, 15) is 9.90 Å². The summed E-state index contributed by atoms with van der Waals surface area (Å²) in [5.74, 6) is -0.156. The van der Waals surface area contributed by atoms with Gasteiger partial charge >= 0.3 is 0 Å². The van der Waals surface area contributed by atoms with Gasteiger partial charge < -0.3 is 14.8 Å². The van der Waals surface area contributed by atoms with Crippen molar-refractivity contribution >= 4 is 40.4 Å². The zero-order valence-electron chi connectivity index (χ0n) is 15.1. The first-order valence-electron chi connectivity index (χ1n) is 9.13. The number of piperidine rings is 1. The molecule has 1 aromatic carbocycles. The zero-order valence-corrected chi connectivity index (χ0v) is 16.6. The first kappa shape index (κ1) is 19.1. The van der Waals surface area contributed by atoms with Crippen LogP contribution in [0.4, 0.5) is 5.69 Å². The Hall–Kier alpha value is -2.28. The first-order chi connectivity index (χ1) is 13.5. The molecule has 0 unspecified atom stereocenters. The highest BCUT2D eigenvalue weighted by molar-refractivity contribution is 6.31. The van der Waals surface area contributed by atoms with Crippen molar-refractivity contribution in [1.29, 1.82) is 0 Å². The number of imidazole rings is 1. The summed E-state index contributed by atoms with van der Waals surface area (Å²) >= 11 is 12.0. The fraction of sp³-hybridized carbons (Fsp3) is 0.300. The highest BCUT2D eigenvalue weighted by Gasteiger charge is 2.26. The summed E-state index contributed by atoms with van der Waals surface area (Å²) in [6.07, 6.45) is 5.34. The molecule has 146 valence electrons. The number of nitrogens with one attached hydrogen (secondary N) is 1. The van der Waals surface area contributed by atoms with Gasteiger partial charge in [0.15, 0.2) is 0 Å². The molecule has 0 atom stereocenters. The Morgan fingerprint density at radius 2 is 1.89 bits per heavy atom. The predicted octanol–water partition coefficient (Wildman–Crippen LogP) is 4.20. The number of aromatic nitrogens is 2. The number of pyridine rings is 1. The molecule has 2 aromatic heterocycles. The number of carbonyl (C=O) groups is 1. The molecule has 6 nitrogen and oxygen atoms in total. The number of phenols is 1. The number of halogens is 2. The number of fused-ring (bicyclic) bond motifs is 1. The second-order valence-electron chi connectivity index (χ2n) is 7.05. The van der Waals surface area contributed by atoms with Crippen LogP contribution in [-0.4, -0.2) is 38.4 Å². The van der Waals surface area contributed by atoms with Crippen molar-refractivity contribution in [3.63, 3.8) is 0 Å². The van der Waals surface area contributed by atoms with Crippen molar-refractivity contribution in [2.75, 3.05) is 18.4 Å². The summed E-state index contributed by atoms with van der Waals surface area (Å²) < 4.78 is 1.93. The smallest absolute Gasteiger partial charge is 0.227 e. The molecule has 0 bridgehead atoms. The molecule has 1 fully saturated rings. The van der Waals surface area contributed by atoms with Gasteiger partial charge in [-0.15, -0.1) is 0 Å². The fourth-order valence-electron chi connectivity index (χ4n) is 3.52. The number of hydrogen-bond donors (Lipinski definition) is 2. The minimum absolute atomic E-state index is 0.0159. The van der Waals surface area contributed by atoms with E-state index in [4.69, 9.17) is 23.2 Å². The lowest BCUT2D eigenvalue weighted by molar-refractivity contribution is -0.121. The highest BCUT2D eigenvalue weighted by Crippen LogP contribution is 2.28. The van der Waals surface area contributed by atoms with Gasteiger partial charge in [-0.05, 0) is 56.3 Å². The average Bonchev–Trinajstić information content (AvgIpc) is 3.06. The molecule has 0 aliphatic carbocycles. The Morgan fingerprint density at radius 3 is 2.68 bits per heavy atom. The van der Waals surface area contributed by atoms with E-state index in [-0.39, 0.29) is 17.6 Å². The first-order valence-corrected chi connectivity index (χ1v) is 9.88. The Morgan fingerprint density at radius 1 is 1.14 bits per heavy atom. The molecular formula is C20H20Cl2N4O2. The number of carbonyl (C=O) groups excluding carboxylic acids is 1. The van der Waals surface area contributed by atoms with Crippen molar-refractivity contribution in [1.82, 2.24) is 14.3 Å². The van der Waals surface area contributed by atoms with Crippen LogP contribution in [0.15, 0.2) is 42.7 Å². The topological polar surface area (TPSA) is 69.9 Å². The van der Waals surface area contributed by atoms with E-state index >= 15 is 0 Å². The maximum atomic E-state index is 12.5. The van der Waals surface area contributed by atoms with Crippen LogP contribution in [0, 0.1) is 5.92 Å². The van der Waals surface area contributed by atoms with Crippen LogP contribution in [0.5, 0.6) is 5.75 Å². The highest BCUT2D eigenvalue weighted by atomic mass is 35.5. The Balaban J connectivity index is 1.33. The molecule has 1 saturated heterocycles. The molecule has 3 aromatic rings. The molecule has 28 heavy (non-hydrogen) atoms. The van der Waals surface area contributed by atoms with Crippen molar-refractivity contribution in [3.05, 3.63) is 58.5 Å². The van der Waals surface area contributed by atoms with Crippen LogP contribution >= 0.6 is 23.2 Å². The predicted molar refractivity (Wildman–Crippen MR) is 110 cm³/mol. The molecule has 2 N–H and O–H groups in total. The summed E-state index contributed by atoms with van der Waals surface area (Å²) in [4.78, 5) is 19.4. The largest absolute Gasteiger partial charge is 0.506 e. The van der Waals surface area contributed by atoms with Gasteiger partial charge in [-0.3, -0.25) is 9.69 Å². The number of hydrogen-bond acceptors (Lipinski definition) is 4. The van der Waals surface area contributed by atoms with Gasteiger partial charge in [0.25, 0.3) is 0 Å². The van der Waals surface area contributed by atoms with Crippen LogP contribution in [0.3, 0.4) is 0 Å². The standard InChI is InChI=1S/C20H20Cl2N4O2/c21-14-1-3-18(27)17(9-14)24-20(28)13-5-7-25(8-6-13)11-16-12-26-10-15(22)2-4-19(26)23-16/h1-4,9-10,12-13,27H,5-8,11H2,(H,24,28). The van der Waals surface area contributed by atoms with Gasteiger partial charge in [-0.2, -0.15) is 0 Å². The second-order valence-corrected chi connectivity index (χ2v) is 7.92. The van der Waals surface area contributed by atoms with Crippen LogP contribution in [0.25, 0.3) is 5.65 Å². The molecule has 0 spiro atoms. The van der Waals surface area contributed by atoms with E-state index in [1.54, 1.807) is 12.1 Å². The Labute approximate surface area is 172 Å². The van der Waals surface area contributed by atoms with Gasteiger partial charge in [0.1, 0.15) is 11.4 Å². The summed E-state index contributed by atoms with van der Waals surface area (Å²) in [6, 6.07) is 8.34. The number of phenolic OH excluding ortho intramolecular Hbond substituents is 1. The summed E-state index contributed by atoms with van der Waals surface area (Å²) in [5, 5.41) is 13.8. The molecule has 0 radical (unpaired) electrons. The molecule has 0 saturated carbocycles. The lowest BCUT2D eigenvalue weighted by atomic mass is 9.95. The molecule has 1 aliphatic rings. The Kier molecular flexibility index (Phi) is 5.44. The van der Waals surface area contributed by atoms with Crippen LogP contribution in [0.1, 0.15) is 18.5 Å². The normalized spacial score (nSPS) is 15.8. The van der Waals surface area contributed by atoms with Crippen molar-refractivity contribution in [2.24, 2.45) is 5.92 Å². The zero-order chi connectivity index (χ0) is 19.7. The molecule has 4 rings (SSSR count). The number of amides is 1. The number of anilines is 1. The minimum atomic E-state index is -0.0884. The van der Waals surface area contributed by atoms with E-state index in [1.807, 2.05) is 28.9 Å². The molecule has 8 heteroatoms.